The molecule has 0 amide bonds. The average molecular weight is 719 g/mol. The third-order valence-corrected chi connectivity index (χ3v) is 7.51. The second-order valence-corrected chi connectivity index (χ2v) is 11.2. The zero-order chi connectivity index (χ0) is 36.4. The fourth-order valence-electron chi connectivity index (χ4n) is 5.22. The van der Waals surface area contributed by atoms with Gasteiger partial charge in [-0.05, 0) is 47.9 Å². The van der Waals surface area contributed by atoms with E-state index in [2.05, 4.69) is 9.47 Å². The molecule has 0 saturated carbocycles. The fourth-order valence-corrected chi connectivity index (χ4v) is 5.22. The lowest BCUT2D eigenvalue weighted by atomic mass is 10.00. The van der Waals surface area contributed by atoms with Crippen molar-refractivity contribution in [3.63, 3.8) is 0 Å². The topological polar surface area (TPSA) is 36.9 Å². The first-order chi connectivity index (χ1) is 23.6. The molecule has 1 aliphatic rings. The third-order valence-electron chi connectivity index (χ3n) is 7.51. The first kappa shape index (κ1) is 36.6. The van der Waals surface area contributed by atoms with Crippen LogP contribution < -0.4 is 9.47 Å². The van der Waals surface area contributed by atoms with Crippen LogP contribution in [0.4, 0.5) is 48.3 Å². The monoisotopic (exact) mass is 718 g/mol. The average Bonchev–Trinajstić information content (AvgIpc) is 3.01. The number of alkyl halides is 5. The van der Waals surface area contributed by atoms with E-state index in [4.69, 9.17) is 9.47 Å². The van der Waals surface area contributed by atoms with Crippen LogP contribution in [0.5, 0.6) is 11.5 Å². The summed E-state index contributed by atoms with van der Waals surface area (Å²) in [4.78, 5) is 0. The number of allylic oxidation sites excluding steroid dienone is 1. The van der Waals surface area contributed by atoms with Crippen molar-refractivity contribution in [2.24, 2.45) is 5.92 Å². The predicted molar refractivity (Wildman–Crippen MR) is 157 cm³/mol. The van der Waals surface area contributed by atoms with Gasteiger partial charge in [-0.3, -0.25) is 0 Å². The van der Waals surface area contributed by atoms with Gasteiger partial charge in [0, 0.05) is 29.2 Å². The molecule has 1 fully saturated rings. The summed E-state index contributed by atoms with van der Waals surface area (Å²) in [6.07, 6.45) is -8.86. The molecular formula is C35H25F11O4. The van der Waals surface area contributed by atoms with Crippen LogP contribution in [0.25, 0.3) is 22.3 Å². The SMILES string of the molecule is CCCC1COC(c2ccc(-c3ccc(C(F)(F)Oc4cc(F)c(-c5cc(F)c(O/C=C/C(F)(F)F)c(F)c5)c(F)c4)c(F)c3)c(F)c2)OC1. The van der Waals surface area contributed by atoms with Gasteiger partial charge in [-0.15, -0.1) is 0 Å². The molecule has 0 N–H and O–H groups in total. The van der Waals surface area contributed by atoms with Gasteiger partial charge in [-0.2, -0.15) is 22.0 Å². The van der Waals surface area contributed by atoms with Crippen molar-refractivity contribution in [2.75, 3.05) is 13.2 Å². The Kier molecular flexibility index (Phi) is 10.8. The molecule has 1 heterocycles. The Morgan fingerprint density at radius 2 is 1.34 bits per heavy atom. The molecule has 0 aromatic heterocycles. The molecule has 4 aromatic carbocycles. The maximum atomic E-state index is 15.1. The second-order valence-electron chi connectivity index (χ2n) is 11.2. The van der Waals surface area contributed by atoms with Crippen molar-refractivity contribution in [2.45, 2.75) is 38.3 Å². The molecule has 5 rings (SSSR count). The van der Waals surface area contributed by atoms with Crippen LogP contribution in [0.2, 0.25) is 0 Å². The second kappa shape index (κ2) is 14.7. The van der Waals surface area contributed by atoms with E-state index >= 15 is 17.6 Å². The first-order valence-electron chi connectivity index (χ1n) is 14.9. The van der Waals surface area contributed by atoms with E-state index < -0.39 is 87.7 Å². The van der Waals surface area contributed by atoms with E-state index in [1.54, 1.807) is 0 Å². The summed E-state index contributed by atoms with van der Waals surface area (Å²) in [6.45, 7) is 2.88. The minimum Gasteiger partial charge on any atom is -0.459 e. The molecule has 0 bridgehead atoms. The highest BCUT2D eigenvalue weighted by molar-refractivity contribution is 5.67. The van der Waals surface area contributed by atoms with E-state index in [1.807, 2.05) is 6.92 Å². The van der Waals surface area contributed by atoms with Gasteiger partial charge in [0.05, 0.1) is 36.7 Å². The Bertz CT molecular complexity index is 1840. The maximum Gasteiger partial charge on any atom is 0.429 e. The molecule has 0 spiro atoms. The first-order valence-corrected chi connectivity index (χ1v) is 14.9. The summed E-state index contributed by atoms with van der Waals surface area (Å²) in [5.41, 5.74) is -3.17. The molecule has 266 valence electrons. The lowest BCUT2D eigenvalue weighted by Gasteiger charge is -2.29. The van der Waals surface area contributed by atoms with Crippen LogP contribution in [-0.2, 0) is 15.6 Å². The number of halogens is 11. The molecule has 15 heteroatoms. The molecular weight excluding hydrogens is 693 g/mol. The summed E-state index contributed by atoms with van der Waals surface area (Å²) in [7, 11) is 0. The lowest BCUT2D eigenvalue weighted by Crippen LogP contribution is -2.27. The molecule has 4 aromatic rings. The van der Waals surface area contributed by atoms with Gasteiger partial charge in [-0.25, -0.2) is 26.3 Å². The highest BCUT2D eigenvalue weighted by Crippen LogP contribution is 2.39. The molecule has 50 heavy (non-hydrogen) atoms. The van der Waals surface area contributed by atoms with Gasteiger partial charge in [0.15, 0.2) is 23.7 Å². The largest absolute Gasteiger partial charge is 0.459 e. The fraction of sp³-hybridized carbons (Fsp3) is 0.257. The van der Waals surface area contributed by atoms with Crippen molar-refractivity contribution < 1.29 is 67.2 Å². The normalized spacial score (nSPS) is 17.0. The number of benzene rings is 4. The molecule has 1 aliphatic heterocycles. The highest BCUT2D eigenvalue weighted by atomic mass is 19.4. The Labute approximate surface area is 277 Å². The van der Waals surface area contributed by atoms with Crippen molar-refractivity contribution in [3.8, 4) is 33.8 Å². The van der Waals surface area contributed by atoms with Crippen LogP contribution in [0.15, 0.2) is 73.0 Å². The van der Waals surface area contributed by atoms with Gasteiger partial charge >= 0.3 is 12.3 Å². The van der Waals surface area contributed by atoms with Crippen LogP contribution in [0, 0.1) is 40.8 Å². The Morgan fingerprint density at radius 3 is 1.90 bits per heavy atom. The molecule has 0 aliphatic carbocycles. The standard InChI is InChI=1S/C35H25F11O4/c1-2-3-18-16-48-33(49-17-18)20-4-6-23(25(36)11-20)19-5-7-24(26(37)10-19)35(45,46)50-22-14-27(38)31(28(39)15-22)21-12-29(40)32(30(41)13-21)47-9-8-34(42,43)44/h4-15,18,33H,2-3,16-17H2,1H3/b9-8+. The minimum atomic E-state index is -4.86. The van der Waals surface area contributed by atoms with Crippen LogP contribution >= 0.6 is 0 Å². The van der Waals surface area contributed by atoms with Gasteiger partial charge in [0.1, 0.15) is 29.0 Å². The van der Waals surface area contributed by atoms with E-state index in [1.165, 1.54) is 12.1 Å². The molecule has 0 radical (unpaired) electrons. The van der Waals surface area contributed by atoms with Crippen LogP contribution in [0.1, 0.15) is 37.2 Å². The van der Waals surface area contributed by atoms with Crippen molar-refractivity contribution in [3.05, 3.63) is 119 Å². The molecule has 4 nitrogen and oxygen atoms in total. The molecule has 1 saturated heterocycles. The minimum absolute atomic E-state index is 0.0499. The third kappa shape index (κ3) is 8.38. The highest BCUT2D eigenvalue weighted by Gasteiger charge is 2.38. The maximum absolute atomic E-state index is 15.1. The van der Waals surface area contributed by atoms with Crippen molar-refractivity contribution in [1.82, 2.24) is 0 Å². The lowest BCUT2D eigenvalue weighted by molar-refractivity contribution is -0.206. The van der Waals surface area contributed by atoms with E-state index in [0.29, 0.717) is 43.0 Å². The summed E-state index contributed by atoms with van der Waals surface area (Å²) >= 11 is 0. The molecule has 0 unspecified atom stereocenters. The Balaban J connectivity index is 1.32. The van der Waals surface area contributed by atoms with Gasteiger partial charge in [-0.1, -0.05) is 31.5 Å². The Morgan fingerprint density at radius 1 is 0.720 bits per heavy atom. The number of ether oxygens (including phenoxy) is 4. The van der Waals surface area contributed by atoms with Gasteiger partial charge in [0.25, 0.3) is 0 Å². The smallest absolute Gasteiger partial charge is 0.429 e. The predicted octanol–water partition coefficient (Wildman–Crippen LogP) is 10.9. The summed E-state index contributed by atoms with van der Waals surface area (Å²) in [5.74, 6) is -11.2. The van der Waals surface area contributed by atoms with E-state index in [9.17, 15) is 30.7 Å². The van der Waals surface area contributed by atoms with E-state index in [0.717, 1.165) is 25.0 Å². The summed E-state index contributed by atoms with van der Waals surface area (Å²) < 4.78 is 176. The van der Waals surface area contributed by atoms with Gasteiger partial charge < -0.3 is 18.9 Å². The zero-order valence-corrected chi connectivity index (χ0v) is 25.7. The summed E-state index contributed by atoms with van der Waals surface area (Å²) in [5, 5.41) is 0. The number of rotatable bonds is 10. The zero-order valence-electron chi connectivity index (χ0n) is 25.7. The molecule has 0 atom stereocenters. The van der Waals surface area contributed by atoms with Crippen molar-refractivity contribution >= 4 is 0 Å². The summed E-state index contributed by atoms with van der Waals surface area (Å²) in [6, 6.07) is 7.26. The number of hydrogen-bond donors (Lipinski definition) is 0. The van der Waals surface area contributed by atoms with Gasteiger partial charge in [0.2, 0.25) is 0 Å². The van der Waals surface area contributed by atoms with Crippen LogP contribution in [0.3, 0.4) is 0 Å². The number of hydrogen-bond acceptors (Lipinski definition) is 4. The Hall–Kier alpha value is -4.63. The quantitative estimate of drug-likeness (QED) is 0.121. The van der Waals surface area contributed by atoms with E-state index in [-0.39, 0.29) is 35.4 Å². The van der Waals surface area contributed by atoms with Crippen LogP contribution in [-0.4, -0.2) is 19.4 Å². The van der Waals surface area contributed by atoms with Crippen molar-refractivity contribution in [1.29, 1.82) is 0 Å².